The van der Waals surface area contributed by atoms with Gasteiger partial charge >= 0.3 is 0 Å². The normalized spacial score (nSPS) is 17.5. The minimum atomic E-state index is -0.329. The van der Waals surface area contributed by atoms with Gasteiger partial charge in [-0.15, -0.1) is 0 Å². The fraction of sp³-hybridized carbons (Fsp3) is 0.364. The topological polar surface area (TPSA) is 49.4 Å². The summed E-state index contributed by atoms with van der Waals surface area (Å²) in [5, 5.41) is 2.95. The van der Waals surface area contributed by atoms with Crippen molar-refractivity contribution in [1.29, 1.82) is 0 Å². The molecule has 1 aliphatic rings. The van der Waals surface area contributed by atoms with Crippen molar-refractivity contribution in [3.05, 3.63) is 59.7 Å². The predicted octanol–water partition coefficient (Wildman–Crippen LogP) is 4.28. The number of hydrogen-bond acceptors (Lipinski definition) is 2. The summed E-state index contributed by atoms with van der Waals surface area (Å²) in [7, 11) is 0. The second-order valence-electron chi connectivity index (χ2n) is 8.01. The number of nitrogens with one attached hydrogen (secondary N) is 1. The molecule has 4 heteroatoms. The maximum atomic E-state index is 12.6. The van der Waals surface area contributed by atoms with Crippen molar-refractivity contribution in [3.63, 3.8) is 0 Å². The van der Waals surface area contributed by atoms with Gasteiger partial charge in [-0.3, -0.25) is 9.59 Å². The fourth-order valence-corrected chi connectivity index (χ4v) is 3.28. The number of rotatable bonds is 3. The smallest absolute Gasteiger partial charge is 0.229 e. The number of hydrogen-bond donors (Lipinski definition) is 1. The number of para-hydroxylation sites is 1. The Labute approximate surface area is 155 Å². The maximum absolute atomic E-state index is 12.6. The van der Waals surface area contributed by atoms with Crippen molar-refractivity contribution in [1.82, 2.24) is 0 Å². The molecule has 0 spiro atoms. The molecule has 1 atom stereocenters. The van der Waals surface area contributed by atoms with E-state index in [9.17, 15) is 9.59 Å². The van der Waals surface area contributed by atoms with Crippen molar-refractivity contribution < 1.29 is 9.59 Å². The molecule has 2 aromatic carbocycles. The van der Waals surface area contributed by atoms with E-state index in [1.807, 2.05) is 55.5 Å². The molecule has 0 aliphatic carbocycles. The lowest BCUT2D eigenvalue weighted by Gasteiger charge is -2.20. The first-order valence-electron chi connectivity index (χ1n) is 9.03. The molecule has 0 unspecified atom stereocenters. The van der Waals surface area contributed by atoms with E-state index < -0.39 is 0 Å². The van der Waals surface area contributed by atoms with E-state index in [-0.39, 0.29) is 29.6 Å². The van der Waals surface area contributed by atoms with Gasteiger partial charge in [0, 0.05) is 24.3 Å². The van der Waals surface area contributed by atoms with Gasteiger partial charge in [0.25, 0.3) is 0 Å². The van der Waals surface area contributed by atoms with Crippen molar-refractivity contribution in [3.8, 4) is 0 Å². The Morgan fingerprint density at radius 3 is 2.35 bits per heavy atom. The minimum absolute atomic E-state index is 0.00234. The summed E-state index contributed by atoms with van der Waals surface area (Å²) >= 11 is 0. The monoisotopic (exact) mass is 350 g/mol. The zero-order valence-electron chi connectivity index (χ0n) is 15.9. The molecule has 0 radical (unpaired) electrons. The van der Waals surface area contributed by atoms with Crippen LogP contribution in [-0.2, 0) is 15.0 Å². The third-order valence-corrected chi connectivity index (χ3v) is 4.92. The lowest BCUT2D eigenvalue weighted by molar-refractivity contribution is -0.122. The number of benzene rings is 2. The Morgan fingerprint density at radius 2 is 1.73 bits per heavy atom. The van der Waals surface area contributed by atoms with Gasteiger partial charge in [-0.05, 0) is 41.7 Å². The van der Waals surface area contributed by atoms with Crippen LogP contribution in [0.15, 0.2) is 48.5 Å². The van der Waals surface area contributed by atoms with E-state index in [0.29, 0.717) is 6.54 Å². The van der Waals surface area contributed by atoms with Gasteiger partial charge < -0.3 is 10.2 Å². The first-order valence-corrected chi connectivity index (χ1v) is 9.03. The number of carbonyl (C=O) groups is 2. The quantitative estimate of drug-likeness (QED) is 0.898. The Bertz CT molecular complexity index is 819. The predicted molar refractivity (Wildman–Crippen MR) is 105 cm³/mol. The highest BCUT2D eigenvalue weighted by Gasteiger charge is 2.35. The minimum Gasteiger partial charge on any atom is -0.326 e. The van der Waals surface area contributed by atoms with Crippen molar-refractivity contribution in [2.45, 2.75) is 39.5 Å². The maximum Gasteiger partial charge on any atom is 0.229 e. The van der Waals surface area contributed by atoms with E-state index in [2.05, 4.69) is 26.1 Å². The number of amides is 2. The van der Waals surface area contributed by atoms with Crippen molar-refractivity contribution in [2.75, 3.05) is 16.8 Å². The molecule has 0 bridgehead atoms. The van der Waals surface area contributed by atoms with Crippen LogP contribution in [-0.4, -0.2) is 18.4 Å². The zero-order chi connectivity index (χ0) is 18.9. The summed E-state index contributed by atoms with van der Waals surface area (Å²) in [6.07, 6.45) is 0.250. The van der Waals surface area contributed by atoms with E-state index >= 15 is 0 Å². The van der Waals surface area contributed by atoms with Gasteiger partial charge in [0.2, 0.25) is 11.8 Å². The second kappa shape index (κ2) is 6.94. The lowest BCUT2D eigenvalue weighted by Crippen LogP contribution is -2.28. The molecule has 2 amide bonds. The fourth-order valence-electron chi connectivity index (χ4n) is 3.28. The Morgan fingerprint density at radius 1 is 1.08 bits per heavy atom. The van der Waals surface area contributed by atoms with Crippen LogP contribution in [0.4, 0.5) is 11.4 Å². The summed E-state index contributed by atoms with van der Waals surface area (Å²) in [4.78, 5) is 26.7. The van der Waals surface area contributed by atoms with Crippen LogP contribution in [0.25, 0.3) is 0 Å². The molecule has 1 N–H and O–H groups in total. The number of nitrogens with zero attached hydrogens (tertiary/aromatic N) is 1. The molecule has 2 aromatic rings. The molecular weight excluding hydrogens is 324 g/mol. The van der Waals surface area contributed by atoms with Gasteiger partial charge in [0.05, 0.1) is 5.92 Å². The molecule has 3 rings (SSSR count). The molecule has 1 fully saturated rings. The summed E-state index contributed by atoms with van der Waals surface area (Å²) in [6, 6.07) is 15.7. The van der Waals surface area contributed by atoms with E-state index in [1.165, 1.54) is 5.56 Å². The molecule has 0 saturated carbocycles. The highest BCUT2D eigenvalue weighted by atomic mass is 16.2. The van der Waals surface area contributed by atoms with Crippen LogP contribution in [0.2, 0.25) is 0 Å². The molecule has 1 saturated heterocycles. The third-order valence-electron chi connectivity index (χ3n) is 4.92. The summed E-state index contributed by atoms with van der Waals surface area (Å²) in [5.41, 5.74) is 4.00. The van der Waals surface area contributed by atoms with Crippen molar-refractivity contribution in [2.24, 2.45) is 5.92 Å². The van der Waals surface area contributed by atoms with Crippen molar-refractivity contribution >= 4 is 23.2 Å². The molecule has 26 heavy (non-hydrogen) atoms. The van der Waals surface area contributed by atoms with Gasteiger partial charge in [0.15, 0.2) is 0 Å². The summed E-state index contributed by atoms with van der Waals surface area (Å²) in [6.45, 7) is 8.88. The van der Waals surface area contributed by atoms with Gasteiger partial charge in [-0.25, -0.2) is 0 Å². The number of carbonyl (C=O) groups excluding carboxylic acids is 2. The van der Waals surface area contributed by atoms with Crippen LogP contribution < -0.4 is 10.2 Å². The Hall–Kier alpha value is -2.62. The highest BCUT2D eigenvalue weighted by Crippen LogP contribution is 2.29. The zero-order valence-corrected chi connectivity index (χ0v) is 15.9. The van der Waals surface area contributed by atoms with E-state index in [0.717, 1.165) is 16.9 Å². The first kappa shape index (κ1) is 18.2. The molecule has 4 nitrogen and oxygen atoms in total. The standard InChI is InChI=1S/C22H26N2O2/c1-15-7-5-6-8-19(15)24-14-16(13-20(24)25)21(26)23-18-11-9-17(10-12-18)22(2,3)4/h5-12,16H,13-14H2,1-4H3,(H,23,26)/t16-/m0/s1. The number of anilines is 2. The Kier molecular flexibility index (Phi) is 4.86. The average Bonchev–Trinajstić information content (AvgIpc) is 2.97. The summed E-state index contributed by atoms with van der Waals surface area (Å²) < 4.78 is 0. The highest BCUT2D eigenvalue weighted by molar-refractivity contribution is 6.03. The molecule has 0 aromatic heterocycles. The third kappa shape index (κ3) is 3.79. The molecule has 1 aliphatic heterocycles. The largest absolute Gasteiger partial charge is 0.326 e. The SMILES string of the molecule is Cc1ccccc1N1C[C@@H](C(=O)Nc2ccc(C(C)(C)C)cc2)CC1=O. The molecule has 136 valence electrons. The molecular formula is C22H26N2O2. The van der Waals surface area contributed by atoms with Crippen LogP contribution in [0.3, 0.4) is 0 Å². The Balaban J connectivity index is 1.68. The number of aryl methyl sites for hydroxylation is 1. The van der Waals surface area contributed by atoms with Crippen LogP contribution in [0.1, 0.15) is 38.3 Å². The van der Waals surface area contributed by atoms with Gasteiger partial charge in [-0.1, -0.05) is 51.1 Å². The first-order chi connectivity index (χ1) is 12.3. The second-order valence-corrected chi connectivity index (χ2v) is 8.01. The van der Waals surface area contributed by atoms with Crippen LogP contribution >= 0.6 is 0 Å². The van der Waals surface area contributed by atoms with Gasteiger partial charge in [-0.2, -0.15) is 0 Å². The molecule has 1 heterocycles. The van der Waals surface area contributed by atoms with E-state index in [4.69, 9.17) is 0 Å². The average molecular weight is 350 g/mol. The van der Waals surface area contributed by atoms with Gasteiger partial charge in [0.1, 0.15) is 0 Å². The summed E-state index contributed by atoms with van der Waals surface area (Å²) in [5.74, 6) is -0.426. The van der Waals surface area contributed by atoms with E-state index in [1.54, 1.807) is 4.90 Å². The van der Waals surface area contributed by atoms with Crippen LogP contribution in [0.5, 0.6) is 0 Å². The lowest BCUT2D eigenvalue weighted by atomic mass is 9.87. The van der Waals surface area contributed by atoms with Crippen LogP contribution in [0, 0.1) is 12.8 Å².